The van der Waals surface area contributed by atoms with Crippen molar-refractivity contribution in [1.29, 1.82) is 0 Å². The van der Waals surface area contributed by atoms with Crippen LogP contribution in [0, 0.1) is 0 Å². The van der Waals surface area contributed by atoms with E-state index in [1.807, 2.05) is 12.1 Å². The second-order valence-corrected chi connectivity index (χ2v) is 7.74. The zero-order chi connectivity index (χ0) is 21.5. The van der Waals surface area contributed by atoms with Crippen molar-refractivity contribution in [2.24, 2.45) is 0 Å². The lowest BCUT2D eigenvalue weighted by molar-refractivity contribution is -0.114. The SMILES string of the molecule is CC(=O)Nc1ccccc1OCC(O)CC1CCNC(=O)N1Cc1ccc(Cl)cc1. The minimum absolute atomic E-state index is 0.0590. The van der Waals surface area contributed by atoms with E-state index in [-0.39, 0.29) is 24.6 Å². The monoisotopic (exact) mass is 431 g/mol. The van der Waals surface area contributed by atoms with Crippen LogP contribution in [0.25, 0.3) is 0 Å². The van der Waals surface area contributed by atoms with Crippen molar-refractivity contribution in [3.63, 3.8) is 0 Å². The number of rotatable bonds is 8. The summed E-state index contributed by atoms with van der Waals surface area (Å²) in [5.41, 5.74) is 1.52. The molecule has 1 fully saturated rings. The predicted molar refractivity (Wildman–Crippen MR) is 116 cm³/mol. The molecule has 1 heterocycles. The van der Waals surface area contributed by atoms with Gasteiger partial charge < -0.3 is 25.4 Å². The minimum atomic E-state index is -0.765. The number of nitrogens with zero attached hydrogens (tertiary/aromatic N) is 1. The molecule has 1 aliphatic rings. The molecule has 0 bridgehead atoms. The maximum atomic E-state index is 12.4. The van der Waals surface area contributed by atoms with Gasteiger partial charge in [-0.1, -0.05) is 35.9 Å². The van der Waals surface area contributed by atoms with Crippen molar-refractivity contribution in [2.75, 3.05) is 18.5 Å². The van der Waals surface area contributed by atoms with Crippen LogP contribution in [0.2, 0.25) is 5.02 Å². The molecule has 2 atom stereocenters. The molecule has 3 rings (SSSR count). The van der Waals surface area contributed by atoms with Gasteiger partial charge in [-0.2, -0.15) is 0 Å². The number of halogens is 1. The quantitative estimate of drug-likeness (QED) is 0.597. The fraction of sp³-hybridized carbons (Fsp3) is 0.364. The molecule has 2 unspecified atom stereocenters. The number of benzene rings is 2. The first-order valence-corrected chi connectivity index (χ1v) is 10.3. The van der Waals surface area contributed by atoms with Crippen LogP contribution in [-0.2, 0) is 11.3 Å². The number of para-hydroxylation sites is 2. The highest BCUT2D eigenvalue weighted by molar-refractivity contribution is 6.30. The number of aliphatic hydroxyl groups excluding tert-OH is 1. The van der Waals surface area contributed by atoms with Crippen molar-refractivity contribution >= 4 is 29.2 Å². The molecule has 3 N–H and O–H groups in total. The summed E-state index contributed by atoms with van der Waals surface area (Å²) >= 11 is 5.94. The lowest BCUT2D eigenvalue weighted by Gasteiger charge is -2.37. The Morgan fingerprint density at radius 1 is 1.30 bits per heavy atom. The Morgan fingerprint density at radius 3 is 2.77 bits per heavy atom. The van der Waals surface area contributed by atoms with Gasteiger partial charge in [-0.05, 0) is 42.7 Å². The lowest BCUT2D eigenvalue weighted by Crippen LogP contribution is -2.53. The molecule has 1 aliphatic heterocycles. The molecule has 0 saturated carbocycles. The van der Waals surface area contributed by atoms with Gasteiger partial charge in [-0.25, -0.2) is 4.79 Å². The number of hydrogen-bond acceptors (Lipinski definition) is 4. The van der Waals surface area contributed by atoms with Crippen LogP contribution >= 0.6 is 11.6 Å². The standard InChI is InChI=1S/C22H26ClN3O4/c1-15(27)25-20-4-2-3-5-21(20)30-14-19(28)12-18-10-11-24-22(29)26(18)13-16-6-8-17(23)9-7-16/h2-9,18-19,28H,10-14H2,1H3,(H,24,29)(H,25,27). The summed E-state index contributed by atoms with van der Waals surface area (Å²) in [4.78, 5) is 25.5. The molecular formula is C22H26ClN3O4. The maximum absolute atomic E-state index is 12.4. The van der Waals surface area contributed by atoms with Crippen LogP contribution in [0.3, 0.4) is 0 Å². The molecule has 2 aromatic rings. The fourth-order valence-corrected chi connectivity index (χ4v) is 3.58. The number of urea groups is 1. The smallest absolute Gasteiger partial charge is 0.317 e. The number of ether oxygens (including phenoxy) is 1. The molecule has 8 heteroatoms. The molecule has 0 aromatic heterocycles. The van der Waals surface area contributed by atoms with Crippen molar-refractivity contribution in [1.82, 2.24) is 10.2 Å². The van der Waals surface area contributed by atoms with E-state index < -0.39 is 6.10 Å². The maximum Gasteiger partial charge on any atom is 0.317 e. The van der Waals surface area contributed by atoms with Gasteiger partial charge in [-0.15, -0.1) is 0 Å². The number of carbonyl (C=O) groups is 2. The topological polar surface area (TPSA) is 90.9 Å². The van der Waals surface area contributed by atoms with Crippen molar-refractivity contribution < 1.29 is 19.4 Å². The second-order valence-electron chi connectivity index (χ2n) is 7.31. The Bertz CT molecular complexity index is 875. The number of amides is 3. The van der Waals surface area contributed by atoms with E-state index in [9.17, 15) is 14.7 Å². The molecule has 3 amide bonds. The van der Waals surface area contributed by atoms with E-state index in [0.29, 0.717) is 36.0 Å². The van der Waals surface area contributed by atoms with Crippen molar-refractivity contribution in [3.05, 3.63) is 59.1 Å². The normalized spacial score (nSPS) is 17.2. The Hall–Kier alpha value is -2.77. The average Bonchev–Trinajstić information content (AvgIpc) is 2.71. The van der Waals surface area contributed by atoms with Crippen molar-refractivity contribution in [3.8, 4) is 5.75 Å². The second kappa shape index (κ2) is 10.3. The summed E-state index contributed by atoms with van der Waals surface area (Å²) < 4.78 is 5.74. The Kier molecular flexibility index (Phi) is 7.54. The largest absolute Gasteiger partial charge is 0.489 e. The fourth-order valence-electron chi connectivity index (χ4n) is 3.45. The van der Waals surface area contributed by atoms with E-state index in [1.165, 1.54) is 6.92 Å². The number of anilines is 1. The summed E-state index contributed by atoms with van der Waals surface area (Å²) in [6.45, 7) is 2.49. The zero-order valence-electron chi connectivity index (χ0n) is 16.8. The Morgan fingerprint density at radius 2 is 2.03 bits per heavy atom. The molecule has 0 radical (unpaired) electrons. The first kappa shape index (κ1) is 21.9. The highest BCUT2D eigenvalue weighted by atomic mass is 35.5. The third-order valence-electron chi connectivity index (χ3n) is 4.89. The van der Waals surface area contributed by atoms with E-state index in [0.717, 1.165) is 12.0 Å². The highest BCUT2D eigenvalue weighted by Crippen LogP contribution is 2.25. The van der Waals surface area contributed by atoms with Gasteiger partial charge in [0.25, 0.3) is 0 Å². The molecule has 160 valence electrons. The van der Waals surface area contributed by atoms with Crippen LogP contribution in [0.4, 0.5) is 10.5 Å². The third-order valence-corrected chi connectivity index (χ3v) is 5.15. The Balaban J connectivity index is 1.60. The van der Waals surface area contributed by atoms with Crippen LogP contribution in [0.5, 0.6) is 5.75 Å². The van der Waals surface area contributed by atoms with Crippen LogP contribution < -0.4 is 15.4 Å². The number of aliphatic hydroxyl groups is 1. The average molecular weight is 432 g/mol. The van der Waals surface area contributed by atoms with Gasteiger partial charge in [0.1, 0.15) is 12.4 Å². The summed E-state index contributed by atoms with van der Waals surface area (Å²) in [6.07, 6.45) is 0.362. The van der Waals surface area contributed by atoms with Crippen LogP contribution in [-0.4, -0.2) is 47.2 Å². The molecule has 0 spiro atoms. The number of carbonyl (C=O) groups excluding carboxylic acids is 2. The third kappa shape index (κ3) is 6.11. The van der Waals surface area contributed by atoms with Gasteiger partial charge in [0.2, 0.25) is 5.91 Å². The summed E-state index contributed by atoms with van der Waals surface area (Å²) in [5.74, 6) is 0.295. The molecular weight excluding hydrogens is 406 g/mol. The number of hydrogen-bond donors (Lipinski definition) is 3. The minimum Gasteiger partial charge on any atom is -0.489 e. The molecule has 7 nitrogen and oxygen atoms in total. The zero-order valence-corrected chi connectivity index (χ0v) is 17.6. The predicted octanol–water partition coefficient (Wildman–Crippen LogP) is 3.41. The summed E-state index contributed by atoms with van der Waals surface area (Å²) in [5, 5.41) is 16.8. The van der Waals surface area contributed by atoms with E-state index in [4.69, 9.17) is 16.3 Å². The first-order chi connectivity index (χ1) is 14.4. The number of nitrogens with one attached hydrogen (secondary N) is 2. The van der Waals surface area contributed by atoms with Crippen LogP contribution in [0.15, 0.2) is 48.5 Å². The van der Waals surface area contributed by atoms with E-state index in [2.05, 4.69) is 10.6 Å². The van der Waals surface area contributed by atoms with Gasteiger partial charge in [-0.3, -0.25) is 4.79 Å². The van der Waals surface area contributed by atoms with Gasteiger partial charge in [0.05, 0.1) is 11.8 Å². The van der Waals surface area contributed by atoms with E-state index >= 15 is 0 Å². The summed E-state index contributed by atoms with van der Waals surface area (Å²) in [6, 6.07) is 14.2. The van der Waals surface area contributed by atoms with Gasteiger partial charge >= 0.3 is 6.03 Å². The van der Waals surface area contributed by atoms with E-state index in [1.54, 1.807) is 41.3 Å². The van der Waals surface area contributed by atoms with Crippen LogP contribution in [0.1, 0.15) is 25.3 Å². The Labute approximate surface area is 181 Å². The lowest BCUT2D eigenvalue weighted by atomic mass is 10.0. The molecule has 30 heavy (non-hydrogen) atoms. The highest BCUT2D eigenvalue weighted by Gasteiger charge is 2.29. The van der Waals surface area contributed by atoms with Gasteiger partial charge in [0, 0.05) is 31.1 Å². The first-order valence-electron chi connectivity index (χ1n) is 9.89. The molecule has 0 aliphatic carbocycles. The molecule has 1 saturated heterocycles. The molecule has 2 aromatic carbocycles. The van der Waals surface area contributed by atoms with Gasteiger partial charge in [0.15, 0.2) is 0 Å². The summed E-state index contributed by atoms with van der Waals surface area (Å²) in [7, 11) is 0. The van der Waals surface area contributed by atoms with Crippen molar-refractivity contribution in [2.45, 2.75) is 38.5 Å².